The molecule has 2 aromatic rings. The fourth-order valence-corrected chi connectivity index (χ4v) is 1.59. The first kappa shape index (κ1) is 13.3. The number of aromatic nitrogens is 3. The van der Waals surface area contributed by atoms with Gasteiger partial charge in [0.15, 0.2) is 5.82 Å². The highest BCUT2D eigenvalue weighted by Crippen LogP contribution is 2.04. The van der Waals surface area contributed by atoms with Crippen LogP contribution in [-0.2, 0) is 12.8 Å². The second-order valence-electron chi connectivity index (χ2n) is 4.22. The summed E-state index contributed by atoms with van der Waals surface area (Å²) in [6.07, 6.45) is 6.25. The molecule has 0 amide bonds. The zero-order valence-electron chi connectivity index (χ0n) is 11.1. The van der Waals surface area contributed by atoms with E-state index in [9.17, 15) is 0 Å². The molecule has 2 rings (SSSR count). The highest BCUT2D eigenvalue weighted by atomic mass is 16.5. The molecule has 0 unspecified atom stereocenters. The van der Waals surface area contributed by atoms with Crippen molar-refractivity contribution < 1.29 is 4.52 Å². The molecule has 0 aliphatic rings. The van der Waals surface area contributed by atoms with E-state index >= 15 is 0 Å². The third-order valence-corrected chi connectivity index (χ3v) is 2.61. The maximum absolute atomic E-state index is 5.17. The number of unbranched alkanes of at least 4 members (excludes halogenated alkanes) is 1. The SMILES string of the molecule is CCCCc1noc(CCC#Cc2ccccn2)n1. The quantitative estimate of drug-likeness (QED) is 0.771. The van der Waals surface area contributed by atoms with Crippen LogP contribution in [0.25, 0.3) is 0 Å². The highest BCUT2D eigenvalue weighted by molar-refractivity contribution is 5.26. The first-order valence-corrected chi connectivity index (χ1v) is 6.60. The van der Waals surface area contributed by atoms with Gasteiger partial charge in [-0.3, -0.25) is 0 Å². The van der Waals surface area contributed by atoms with Gasteiger partial charge in [-0.1, -0.05) is 30.5 Å². The molecule has 98 valence electrons. The van der Waals surface area contributed by atoms with E-state index in [0.717, 1.165) is 30.8 Å². The van der Waals surface area contributed by atoms with Crippen molar-refractivity contribution in [3.05, 3.63) is 41.8 Å². The molecule has 0 bridgehead atoms. The normalized spacial score (nSPS) is 9.95. The Bertz CT molecular complexity index is 552. The van der Waals surface area contributed by atoms with Crippen molar-refractivity contribution in [3.8, 4) is 11.8 Å². The minimum Gasteiger partial charge on any atom is -0.339 e. The van der Waals surface area contributed by atoms with Crippen LogP contribution in [-0.4, -0.2) is 15.1 Å². The second kappa shape index (κ2) is 7.32. The van der Waals surface area contributed by atoms with Crippen LogP contribution in [0.15, 0.2) is 28.9 Å². The first-order chi connectivity index (χ1) is 9.38. The van der Waals surface area contributed by atoms with Crippen LogP contribution in [0.5, 0.6) is 0 Å². The van der Waals surface area contributed by atoms with E-state index in [2.05, 4.69) is 33.9 Å². The predicted octanol–water partition coefficient (Wildman–Crippen LogP) is 2.79. The van der Waals surface area contributed by atoms with Gasteiger partial charge in [0.2, 0.25) is 5.89 Å². The van der Waals surface area contributed by atoms with Crippen LogP contribution in [0, 0.1) is 11.8 Å². The molecule has 0 aliphatic carbocycles. The Morgan fingerprint density at radius 3 is 3.00 bits per heavy atom. The number of hydrogen-bond acceptors (Lipinski definition) is 4. The molecule has 0 saturated heterocycles. The highest BCUT2D eigenvalue weighted by Gasteiger charge is 2.04. The van der Waals surface area contributed by atoms with Crippen molar-refractivity contribution in [2.45, 2.75) is 39.0 Å². The Hall–Kier alpha value is -2.15. The van der Waals surface area contributed by atoms with Gasteiger partial charge in [0.25, 0.3) is 0 Å². The van der Waals surface area contributed by atoms with Crippen LogP contribution in [0.4, 0.5) is 0 Å². The van der Waals surface area contributed by atoms with Crippen molar-refractivity contribution in [1.29, 1.82) is 0 Å². The molecule has 2 aromatic heterocycles. The van der Waals surface area contributed by atoms with Gasteiger partial charge < -0.3 is 4.52 Å². The minimum atomic E-state index is 0.668. The summed E-state index contributed by atoms with van der Waals surface area (Å²) in [5.74, 6) is 7.54. The molecule has 0 aromatic carbocycles. The Balaban J connectivity index is 1.80. The third-order valence-electron chi connectivity index (χ3n) is 2.61. The molecule has 0 spiro atoms. The molecule has 0 N–H and O–H groups in total. The van der Waals surface area contributed by atoms with Crippen LogP contribution >= 0.6 is 0 Å². The monoisotopic (exact) mass is 255 g/mol. The maximum Gasteiger partial charge on any atom is 0.227 e. The number of pyridine rings is 1. The first-order valence-electron chi connectivity index (χ1n) is 6.60. The lowest BCUT2D eigenvalue weighted by atomic mass is 10.2. The summed E-state index contributed by atoms with van der Waals surface area (Å²) in [5.41, 5.74) is 0.789. The second-order valence-corrected chi connectivity index (χ2v) is 4.22. The van der Waals surface area contributed by atoms with E-state index in [4.69, 9.17) is 4.52 Å². The lowest BCUT2D eigenvalue weighted by Crippen LogP contribution is -1.89. The standard InChI is InChI=1S/C15H17N3O/c1-2-3-10-14-17-15(19-18-14)11-5-4-8-13-9-6-7-12-16-13/h6-7,9,12H,2-3,5,10-11H2,1H3. The van der Waals surface area contributed by atoms with Crippen molar-refractivity contribution in [1.82, 2.24) is 15.1 Å². The van der Waals surface area contributed by atoms with E-state index in [1.165, 1.54) is 0 Å². The zero-order valence-corrected chi connectivity index (χ0v) is 11.1. The van der Waals surface area contributed by atoms with Gasteiger partial charge in [0.1, 0.15) is 5.69 Å². The fourth-order valence-electron chi connectivity index (χ4n) is 1.59. The van der Waals surface area contributed by atoms with Crippen LogP contribution in [0.3, 0.4) is 0 Å². The summed E-state index contributed by atoms with van der Waals surface area (Å²) >= 11 is 0. The molecule has 0 saturated carbocycles. The summed E-state index contributed by atoms with van der Waals surface area (Å²) in [6, 6.07) is 5.69. The molecule has 2 heterocycles. The molecule has 0 radical (unpaired) electrons. The van der Waals surface area contributed by atoms with Crippen LogP contribution in [0.1, 0.15) is 43.6 Å². The van der Waals surface area contributed by atoms with E-state index in [1.54, 1.807) is 6.20 Å². The zero-order chi connectivity index (χ0) is 13.3. The Morgan fingerprint density at radius 2 is 2.21 bits per heavy atom. The van der Waals surface area contributed by atoms with Crippen LogP contribution < -0.4 is 0 Å². The molecular weight excluding hydrogens is 238 g/mol. The molecule has 19 heavy (non-hydrogen) atoms. The average Bonchev–Trinajstić information content (AvgIpc) is 2.90. The topological polar surface area (TPSA) is 51.8 Å². The van der Waals surface area contributed by atoms with Gasteiger partial charge in [-0.05, 0) is 24.5 Å². The predicted molar refractivity (Wildman–Crippen MR) is 72.3 cm³/mol. The van der Waals surface area contributed by atoms with Crippen molar-refractivity contribution in [3.63, 3.8) is 0 Å². The van der Waals surface area contributed by atoms with Gasteiger partial charge >= 0.3 is 0 Å². The lowest BCUT2D eigenvalue weighted by Gasteiger charge is -1.88. The number of aryl methyl sites for hydroxylation is 2. The summed E-state index contributed by atoms with van der Waals surface area (Å²) in [6.45, 7) is 2.15. The third kappa shape index (κ3) is 4.55. The fraction of sp³-hybridized carbons (Fsp3) is 0.400. The number of rotatable bonds is 5. The molecule has 0 fully saturated rings. The Kier molecular flexibility index (Phi) is 5.12. The number of nitrogens with zero attached hydrogens (tertiary/aromatic N) is 3. The summed E-state index contributed by atoms with van der Waals surface area (Å²) in [4.78, 5) is 8.47. The van der Waals surface area contributed by atoms with E-state index < -0.39 is 0 Å². The van der Waals surface area contributed by atoms with Crippen molar-refractivity contribution >= 4 is 0 Å². The number of hydrogen-bond donors (Lipinski definition) is 0. The maximum atomic E-state index is 5.17. The summed E-state index contributed by atoms with van der Waals surface area (Å²) in [5, 5.41) is 3.94. The molecule has 0 aliphatic heterocycles. The van der Waals surface area contributed by atoms with E-state index in [1.807, 2.05) is 18.2 Å². The average molecular weight is 255 g/mol. The Labute approximate surface area is 113 Å². The smallest absolute Gasteiger partial charge is 0.227 e. The van der Waals surface area contributed by atoms with Crippen molar-refractivity contribution in [2.75, 3.05) is 0 Å². The lowest BCUT2D eigenvalue weighted by molar-refractivity contribution is 0.373. The Morgan fingerprint density at radius 1 is 1.26 bits per heavy atom. The molecule has 4 nitrogen and oxygen atoms in total. The molecule has 4 heteroatoms. The molecule has 0 atom stereocenters. The van der Waals surface area contributed by atoms with Gasteiger partial charge in [0, 0.05) is 25.5 Å². The molecular formula is C15H17N3O. The van der Waals surface area contributed by atoms with E-state index in [-0.39, 0.29) is 0 Å². The van der Waals surface area contributed by atoms with Gasteiger partial charge in [0.05, 0.1) is 0 Å². The van der Waals surface area contributed by atoms with Crippen molar-refractivity contribution in [2.24, 2.45) is 0 Å². The van der Waals surface area contributed by atoms with Gasteiger partial charge in [-0.15, -0.1) is 0 Å². The minimum absolute atomic E-state index is 0.668. The summed E-state index contributed by atoms with van der Waals surface area (Å²) < 4.78 is 5.17. The van der Waals surface area contributed by atoms with Gasteiger partial charge in [-0.2, -0.15) is 4.98 Å². The largest absolute Gasteiger partial charge is 0.339 e. The van der Waals surface area contributed by atoms with Gasteiger partial charge in [-0.25, -0.2) is 4.98 Å². The van der Waals surface area contributed by atoms with E-state index in [0.29, 0.717) is 18.7 Å². The van der Waals surface area contributed by atoms with Crippen LogP contribution in [0.2, 0.25) is 0 Å². The summed E-state index contributed by atoms with van der Waals surface area (Å²) in [7, 11) is 0.